The molecule has 0 saturated carbocycles. The van der Waals surface area contributed by atoms with Crippen LogP contribution in [-0.2, 0) is 5.75 Å². The fourth-order valence-electron chi connectivity index (χ4n) is 2.24. The van der Waals surface area contributed by atoms with Gasteiger partial charge < -0.3 is 0 Å². The van der Waals surface area contributed by atoms with Crippen molar-refractivity contribution in [2.75, 3.05) is 0 Å². The van der Waals surface area contributed by atoms with Crippen LogP contribution >= 0.6 is 11.8 Å². The zero-order valence-electron chi connectivity index (χ0n) is 13.2. The van der Waals surface area contributed by atoms with Crippen molar-refractivity contribution in [3.05, 3.63) is 88.0 Å². The minimum Gasteiger partial charge on any atom is -0.280 e. The molecule has 0 N–H and O–H groups in total. The van der Waals surface area contributed by atoms with Crippen LogP contribution in [0.4, 0.5) is 0 Å². The van der Waals surface area contributed by atoms with E-state index >= 15 is 0 Å². The molecule has 0 radical (unpaired) electrons. The number of thioether (sulfide) groups is 1. The first-order valence-electron chi connectivity index (χ1n) is 7.46. The predicted molar refractivity (Wildman–Crippen MR) is 95.3 cm³/mol. The highest BCUT2D eigenvalue weighted by Crippen LogP contribution is 2.18. The molecular weight excluding hydrogens is 304 g/mol. The average molecular weight is 322 g/mol. The number of aryl methyl sites for hydroxylation is 2. The lowest BCUT2D eigenvalue weighted by Crippen LogP contribution is -2.20. The first-order valence-corrected chi connectivity index (χ1v) is 8.45. The van der Waals surface area contributed by atoms with Crippen molar-refractivity contribution >= 4 is 11.8 Å². The van der Waals surface area contributed by atoms with Crippen LogP contribution in [0.1, 0.15) is 16.7 Å². The van der Waals surface area contributed by atoms with E-state index < -0.39 is 0 Å². The Morgan fingerprint density at radius 1 is 0.957 bits per heavy atom. The van der Waals surface area contributed by atoms with E-state index in [2.05, 4.69) is 36.2 Å². The van der Waals surface area contributed by atoms with Gasteiger partial charge in [-0.15, -0.1) is 0 Å². The molecule has 2 aromatic carbocycles. The van der Waals surface area contributed by atoms with Gasteiger partial charge in [0.25, 0.3) is 5.56 Å². The number of hydrogen-bond donors (Lipinski definition) is 0. The van der Waals surface area contributed by atoms with E-state index in [4.69, 9.17) is 0 Å². The Labute approximate surface area is 140 Å². The van der Waals surface area contributed by atoms with Crippen LogP contribution in [0.3, 0.4) is 0 Å². The van der Waals surface area contributed by atoms with Crippen LogP contribution in [0, 0.1) is 13.8 Å². The molecule has 0 amide bonds. The van der Waals surface area contributed by atoms with Gasteiger partial charge in [-0.2, -0.15) is 0 Å². The van der Waals surface area contributed by atoms with Gasteiger partial charge in [-0.1, -0.05) is 59.3 Å². The van der Waals surface area contributed by atoms with E-state index in [1.807, 2.05) is 31.2 Å². The number of hydrogen-bond acceptors (Lipinski definition) is 3. The van der Waals surface area contributed by atoms with Crippen molar-refractivity contribution in [1.29, 1.82) is 0 Å². The second-order valence-corrected chi connectivity index (χ2v) is 6.48. The van der Waals surface area contributed by atoms with Gasteiger partial charge in [-0.3, -0.25) is 9.36 Å². The van der Waals surface area contributed by atoms with Crippen LogP contribution < -0.4 is 5.56 Å². The highest BCUT2D eigenvalue weighted by Gasteiger charge is 2.07. The Morgan fingerprint density at radius 3 is 2.22 bits per heavy atom. The quantitative estimate of drug-likeness (QED) is 0.677. The molecule has 0 spiro atoms. The summed E-state index contributed by atoms with van der Waals surface area (Å²) in [5, 5.41) is 0.522. The molecule has 3 nitrogen and oxygen atoms in total. The van der Waals surface area contributed by atoms with Gasteiger partial charge in [0, 0.05) is 23.8 Å². The van der Waals surface area contributed by atoms with Crippen LogP contribution in [0.15, 0.2) is 70.7 Å². The van der Waals surface area contributed by atoms with E-state index in [1.54, 1.807) is 17.0 Å². The van der Waals surface area contributed by atoms with Gasteiger partial charge in [0.15, 0.2) is 5.03 Å². The average Bonchev–Trinajstić information content (AvgIpc) is 2.56. The van der Waals surface area contributed by atoms with E-state index in [1.165, 1.54) is 28.5 Å². The summed E-state index contributed by atoms with van der Waals surface area (Å²) in [7, 11) is 0. The molecule has 3 rings (SSSR count). The third-order valence-corrected chi connectivity index (χ3v) is 4.65. The third kappa shape index (κ3) is 3.71. The summed E-state index contributed by atoms with van der Waals surface area (Å²) in [4.78, 5) is 16.9. The lowest BCUT2D eigenvalue weighted by atomic mass is 10.2. The Bertz CT molecular complexity index is 852. The van der Waals surface area contributed by atoms with E-state index in [-0.39, 0.29) is 5.56 Å². The summed E-state index contributed by atoms with van der Waals surface area (Å²) in [6.07, 6.45) is 3.39. The number of benzene rings is 2. The maximum absolute atomic E-state index is 12.6. The Hall–Kier alpha value is -2.33. The largest absolute Gasteiger partial charge is 0.287 e. The van der Waals surface area contributed by atoms with Crippen molar-refractivity contribution in [2.24, 2.45) is 0 Å². The summed E-state index contributed by atoms with van der Waals surface area (Å²) in [5.74, 6) is 0.737. The summed E-state index contributed by atoms with van der Waals surface area (Å²) < 4.78 is 1.64. The lowest BCUT2D eigenvalue weighted by Gasteiger charge is -2.08. The molecular formula is C19H18N2OS. The third-order valence-electron chi connectivity index (χ3n) is 3.62. The fraction of sp³-hybridized carbons (Fsp3) is 0.158. The summed E-state index contributed by atoms with van der Waals surface area (Å²) in [5.41, 5.74) is 4.38. The lowest BCUT2D eigenvalue weighted by molar-refractivity contribution is 0.882. The van der Waals surface area contributed by atoms with E-state index in [0.29, 0.717) is 5.03 Å². The predicted octanol–water partition coefficient (Wildman–Crippen LogP) is 4.14. The van der Waals surface area contributed by atoms with Crippen molar-refractivity contribution in [3.8, 4) is 5.69 Å². The molecule has 116 valence electrons. The van der Waals surface area contributed by atoms with Crippen LogP contribution in [-0.4, -0.2) is 9.55 Å². The first kappa shape index (κ1) is 15.6. The molecule has 23 heavy (non-hydrogen) atoms. The normalized spacial score (nSPS) is 10.7. The maximum atomic E-state index is 12.6. The molecule has 0 aliphatic carbocycles. The van der Waals surface area contributed by atoms with Gasteiger partial charge in [0.1, 0.15) is 0 Å². The molecule has 0 saturated heterocycles. The zero-order valence-corrected chi connectivity index (χ0v) is 14.0. The zero-order chi connectivity index (χ0) is 16.2. The molecule has 0 unspecified atom stereocenters. The van der Waals surface area contributed by atoms with Gasteiger partial charge >= 0.3 is 0 Å². The summed E-state index contributed by atoms with van der Waals surface area (Å²) in [6.45, 7) is 4.10. The molecule has 3 aromatic rings. The summed E-state index contributed by atoms with van der Waals surface area (Å²) in [6, 6.07) is 16.2. The smallest absolute Gasteiger partial charge is 0.280 e. The molecule has 0 bridgehead atoms. The monoisotopic (exact) mass is 322 g/mol. The number of aromatic nitrogens is 2. The summed E-state index contributed by atoms with van der Waals surface area (Å²) >= 11 is 1.47. The molecule has 1 heterocycles. The molecule has 4 heteroatoms. The van der Waals surface area contributed by atoms with Crippen molar-refractivity contribution in [3.63, 3.8) is 0 Å². The second-order valence-electron chi connectivity index (χ2n) is 5.52. The van der Waals surface area contributed by atoms with Crippen molar-refractivity contribution < 1.29 is 0 Å². The topological polar surface area (TPSA) is 34.9 Å². The maximum Gasteiger partial charge on any atom is 0.287 e. The molecule has 1 aromatic heterocycles. The van der Waals surface area contributed by atoms with Gasteiger partial charge in [-0.25, -0.2) is 4.98 Å². The first-order chi connectivity index (χ1) is 11.1. The standard InChI is InChI=1S/C19H18N2OS/c1-14-3-7-16(8-4-14)13-23-18-19(22)21(12-11-20-18)17-9-5-15(2)6-10-17/h3-12H,13H2,1-2H3. The van der Waals surface area contributed by atoms with E-state index in [9.17, 15) is 4.79 Å². The minimum absolute atomic E-state index is 0.0755. The Kier molecular flexibility index (Phi) is 4.63. The van der Waals surface area contributed by atoms with Crippen LogP contribution in [0.2, 0.25) is 0 Å². The minimum atomic E-state index is -0.0755. The SMILES string of the molecule is Cc1ccc(CSc2nccn(-c3ccc(C)cc3)c2=O)cc1. The van der Waals surface area contributed by atoms with Crippen molar-refractivity contribution in [2.45, 2.75) is 24.6 Å². The van der Waals surface area contributed by atoms with Crippen LogP contribution in [0.5, 0.6) is 0 Å². The molecule has 0 fully saturated rings. The van der Waals surface area contributed by atoms with Crippen LogP contribution in [0.25, 0.3) is 5.69 Å². The fourth-order valence-corrected chi connectivity index (χ4v) is 3.09. The molecule has 0 aliphatic heterocycles. The van der Waals surface area contributed by atoms with Crippen molar-refractivity contribution in [1.82, 2.24) is 9.55 Å². The highest BCUT2D eigenvalue weighted by atomic mass is 32.2. The highest BCUT2D eigenvalue weighted by molar-refractivity contribution is 7.98. The number of rotatable bonds is 4. The van der Waals surface area contributed by atoms with Gasteiger partial charge in [0.2, 0.25) is 0 Å². The van der Waals surface area contributed by atoms with E-state index in [0.717, 1.165) is 11.4 Å². The Balaban J connectivity index is 1.83. The van der Waals surface area contributed by atoms with Gasteiger partial charge in [0.05, 0.1) is 0 Å². The van der Waals surface area contributed by atoms with Gasteiger partial charge in [-0.05, 0) is 31.5 Å². The number of nitrogens with zero attached hydrogens (tertiary/aromatic N) is 2. The second kappa shape index (κ2) is 6.84. The Morgan fingerprint density at radius 2 is 1.57 bits per heavy atom. The molecule has 0 aliphatic rings. The molecule has 0 atom stereocenters.